The average molecular weight is 240 g/mol. The van der Waals surface area contributed by atoms with Crippen LogP contribution < -0.4 is 9.47 Å². The van der Waals surface area contributed by atoms with Crippen LogP contribution in [0.3, 0.4) is 0 Å². The lowest BCUT2D eigenvalue weighted by Crippen LogP contribution is -1.85. The van der Waals surface area contributed by atoms with Crippen molar-refractivity contribution in [2.45, 2.75) is 6.42 Å². The second kappa shape index (κ2) is 6.50. The fourth-order valence-corrected chi connectivity index (χ4v) is 1.58. The lowest BCUT2D eigenvalue weighted by Gasteiger charge is -2.02. The van der Waals surface area contributed by atoms with Gasteiger partial charge in [-0.25, -0.2) is 0 Å². The van der Waals surface area contributed by atoms with E-state index < -0.39 is 0 Å². The Bertz CT molecular complexity index is 486. The van der Waals surface area contributed by atoms with Crippen LogP contribution in [-0.2, 0) is 6.42 Å². The minimum absolute atomic E-state index is 0.806. The summed E-state index contributed by atoms with van der Waals surface area (Å²) in [6.07, 6.45) is 4.59. The standard InChI is InChI=1S/C16H16O2/c1-17-15-9-11-16(12-10-15)18-13-5-8-14-6-3-2-4-7-14/h2-7,9-13H,8H2,1H3/b13-5+. The van der Waals surface area contributed by atoms with Gasteiger partial charge in [0.25, 0.3) is 0 Å². The number of methoxy groups -OCH3 is 1. The summed E-state index contributed by atoms with van der Waals surface area (Å²) < 4.78 is 10.6. The molecule has 0 bridgehead atoms. The van der Waals surface area contributed by atoms with Crippen LogP contribution >= 0.6 is 0 Å². The zero-order valence-corrected chi connectivity index (χ0v) is 10.4. The van der Waals surface area contributed by atoms with Crippen LogP contribution in [0.25, 0.3) is 0 Å². The Labute approximate surface area is 107 Å². The Hall–Kier alpha value is -2.22. The Morgan fingerprint density at radius 1 is 0.889 bits per heavy atom. The summed E-state index contributed by atoms with van der Waals surface area (Å²) >= 11 is 0. The SMILES string of the molecule is COc1ccc(O/C=C/Cc2ccccc2)cc1. The predicted octanol–water partition coefficient (Wildman–Crippen LogP) is 3.83. The Kier molecular flexibility index (Phi) is 4.42. The van der Waals surface area contributed by atoms with Crippen molar-refractivity contribution in [2.75, 3.05) is 7.11 Å². The van der Waals surface area contributed by atoms with Crippen LogP contribution in [0.5, 0.6) is 11.5 Å². The zero-order chi connectivity index (χ0) is 12.6. The molecule has 0 N–H and O–H groups in total. The molecule has 2 aromatic rings. The summed E-state index contributed by atoms with van der Waals surface area (Å²) in [4.78, 5) is 0. The molecule has 0 aliphatic rings. The lowest BCUT2D eigenvalue weighted by atomic mass is 10.2. The molecule has 18 heavy (non-hydrogen) atoms. The van der Waals surface area contributed by atoms with E-state index in [9.17, 15) is 0 Å². The van der Waals surface area contributed by atoms with Gasteiger partial charge < -0.3 is 9.47 Å². The highest BCUT2D eigenvalue weighted by molar-refractivity contribution is 5.31. The van der Waals surface area contributed by atoms with Crippen LogP contribution in [0, 0.1) is 0 Å². The zero-order valence-electron chi connectivity index (χ0n) is 10.4. The smallest absolute Gasteiger partial charge is 0.126 e. The highest BCUT2D eigenvalue weighted by Crippen LogP contribution is 2.17. The molecule has 0 atom stereocenters. The first-order valence-electron chi connectivity index (χ1n) is 5.88. The largest absolute Gasteiger partial charge is 0.497 e. The van der Waals surface area contributed by atoms with Gasteiger partial charge in [-0.15, -0.1) is 0 Å². The summed E-state index contributed by atoms with van der Waals surface area (Å²) in [7, 11) is 1.65. The predicted molar refractivity (Wildman–Crippen MR) is 72.9 cm³/mol. The molecule has 2 nitrogen and oxygen atoms in total. The van der Waals surface area contributed by atoms with Crippen molar-refractivity contribution in [2.24, 2.45) is 0 Å². The van der Waals surface area contributed by atoms with Gasteiger partial charge >= 0.3 is 0 Å². The van der Waals surface area contributed by atoms with Gasteiger partial charge in [0.15, 0.2) is 0 Å². The van der Waals surface area contributed by atoms with E-state index >= 15 is 0 Å². The van der Waals surface area contributed by atoms with Crippen LogP contribution in [0.4, 0.5) is 0 Å². The van der Waals surface area contributed by atoms with Crippen LogP contribution in [0.1, 0.15) is 5.56 Å². The van der Waals surface area contributed by atoms with Crippen molar-refractivity contribution in [3.8, 4) is 11.5 Å². The van der Waals surface area contributed by atoms with Gasteiger partial charge in [-0.3, -0.25) is 0 Å². The summed E-state index contributed by atoms with van der Waals surface area (Å²) in [6.45, 7) is 0. The molecule has 0 aliphatic carbocycles. The number of hydrogen-bond donors (Lipinski definition) is 0. The van der Waals surface area contributed by atoms with Crippen molar-refractivity contribution in [1.82, 2.24) is 0 Å². The number of benzene rings is 2. The van der Waals surface area contributed by atoms with Gasteiger partial charge in [0, 0.05) is 0 Å². The fraction of sp³-hybridized carbons (Fsp3) is 0.125. The third-order valence-electron chi connectivity index (χ3n) is 2.56. The summed E-state index contributed by atoms with van der Waals surface area (Å²) in [5.74, 6) is 1.63. The molecule has 0 aliphatic heterocycles. The Balaban J connectivity index is 1.83. The average Bonchev–Trinajstić information content (AvgIpc) is 2.45. The molecule has 0 unspecified atom stereocenters. The highest BCUT2D eigenvalue weighted by Gasteiger charge is 1.92. The van der Waals surface area contributed by atoms with E-state index in [2.05, 4.69) is 12.1 Å². The molecule has 2 aromatic carbocycles. The van der Waals surface area contributed by atoms with Crippen molar-refractivity contribution in [3.63, 3.8) is 0 Å². The number of hydrogen-bond acceptors (Lipinski definition) is 2. The van der Waals surface area contributed by atoms with E-state index in [1.54, 1.807) is 13.4 Å². The van der Waals surface area contributed by atoms with Crippen LogP contribution in [-0.4, -0.2) is 7.11 Å². The number of ether oxygens (including phenoxy) is 2. The van der Waals surface area contributed by atoms with Gasteiger partial charge in [-0.1, -0.05) is 30.3 Å². The Morgan fingerprint density at radius 2 is 1.56 bits per heavy atom. The summed E-state index contributed by atoms with van der Waals surface area (Å²) in [5.41, 5.74) is 1.27. The Morgan fingerprint density at radius 3 is 2.22 bits per heavy atom. The fourth-order valence-electron chi connectivity index (χ4n) is 1.58. The second-order valence-corrected chi connectivity index (χ2v) is 3.85. The van der Waals surface area contributed by atoms with Gasteiger partial charge in [-0.05, 0) is 42.3 Å². The van der Waals surface area contributed by atoms with Crippen LogP contribution in [0.15, 0.2) is 66.9 Å². The summed E-state index contributed by atoms with van der Waals surface area (Å²) in [6, 6.07) is 17.8. The topological polar surface area (TPSA) is 18.5 Å². The third-order valence-corrected chi connectivity index (χ3v) is 2.56. The molecule has 0 aromatic heterocycles. The van der Waals surface area contributed by atoms with Crippen molar-refractivity contribution in [3.05, 3.63) is 72.5 Å². The first kappa shape index (κ1) is 12.2. The maximum atomic E-state index is 5.49. The van der Waals surface area contributed by atoms with E-state index in [0.29, 0.717) is 0 Å². The first-order chi connectivity index (χ1) is 8.88. The van der Waals surface area contributed by atoms with Gasteiger partial charge in [0.1, 0.15) is 11.5 Å². The molecule has 0 heterocycles. The van der Waals surface area contributed by atoms with E-state index in [4.69, 9.17) is 9.47 Å². The molecule has 92 valence electrons. The van der Waals surface area contributed by atoms with E-state index in [0.717, 1.165) is 17.9 Å². The third kappa shape index (κ3) is 3.67. The maximum Gasteiger partial charge on any atom is 0.126 e. The highest BCUT2D eigenvalue weighted by atomic mass is 16.5. The summed E-state index contributed by atoms with van der Waals surface area (Å²) in [5, 5.41) is 0. The van der Waals surface area contributed by atoms with Crippen molar-refractivity contribution >= 4 is 0 Å². The quantitative estimate of drug-likeness (QED) is 0.739. The second-order valence-electron chi connectivity index (χ2n) is 3.85. The molecular weight excluding hydrogens is 224 g/mol. The lowest BCUT2D eigenvalue weighted by molar-refractivity contribution is 0.412. The molecule has 2 heteroatoms. The van der Waals surface area contributed by atoms with Crippen LogP contribution in [0.2, 0.25) is 0 Å². The number of rotatable bonds is 5. The normalized spacial score (nSPS) is 10.5. The first-order valence-corrected chi connectivity index (χ1v) is 5.88. The molecule has 0 saturated carbocycles. The molecule has 0 fully saturated rings. The van der Waals surface area contributed by atoms with Gasteiger partial charge in [0.2, 0.25) is 0 Å². The van der Waals surface area contributed by atoms with Gasteiger partial charge in [-0.2, -0.15) is 0 Å². The van der Waals surface area contributed by atoms with E-state index in [1.807, 2.05) is 48.5 Å². The van der Waals surface area contributed by atoms with E-state index in [1.165, 1.54) is 5.56 Å². The minimum atomic E-state index is 0.806. The van der Waals surface area contributed by atoms with Crippen molar-refractivity contribution in [1.29, 1.82) is 0 Å². The van der Waals surface area contributed by atoms with Gasteiger partial charge in [0.05, 0.1) is 13.4 Å². The molecule has 0 spiro atoms. The maximum absolute atomic E-state index is 5.49. The van der Waals surface area contributed by atoms with Crippen molar-refractivity contribution < 1.29 is 9.47 Å². The monoisotopic (exact) mass is 240 g/mol. The molecule has 0 radical (unpaired) electrons. The number of allylic oxidation sites excluding steroid dienone is 1. The minimum Gasteiger partial charge on any atom is -0.497 e. The molecule has 0 amide bonds. The molecule has 0 saturated heterocycles. The van der Waals surface area contributed by atoms with E-state index in [-0.39, 0.29) is 0 Å². The molecule has 2 rings (SSSR count). The molecular formula is C16H16O2.